The summed E-state index contributed by atoms with van der Waals surface area (Å²) >= 11 is 0. The number of benzene rings is 1. The Morgan fingerprint density at radius 2 is 2.00 bits per heavy atom. The van der Waals surface area contributed by atoms with Gasteiger partial charge < -0.3 is 5.73 Å². The van der Waals surface area contributed by atoms with Crippen LogP contribution in [-0.4, -0.2) is 38.5 Å². The summed E-state index contributed by atoms with van der Waals surface area (Å²) in [5.74, 6) is 5.20. The maximum Gasteiger partial charge on any atom is 0.402 e. The number of sulfonamides is 1. The van der Waals surface area contributed by atoms with Gasteiger partial charge in [0.25, 0.3) is 0 Å². The summed E-state index contributed by atoms with van der Waals surface area (Å²) in [4.78, 5) is -0.225. The van der Waals surface area contributed by atoms with Gasteiger partial charge in [-0.2, -0.15) is 17.5 Å². The van der Waals surface area contributed by atoms with Gasteiger partial charge in [-0.3, -0.25) is 0 Å². The second-order valence-corrected chi connectivity index (χ2v) is 6.02. The van der Waals surface area contributed by atoms with Gasteiger partial charge in [0.15, 0.2) is 0 Å². The van der Waals surface area contributed by atoms with Crippen LogP contribution in [0, 0.1) is 11.8 Å². The van der Waals surface area contributed by atoms with Gasteiger partial charge in [0.05, 0.1) is 11.4 Å². The highest BCUT2D eigenvalue weighted by molar-refractivity contribution is 7.89. The van der Waals surface area contributed by atoms with Crippen LogP contribution in [0.5, 0.6) is 0 Å². The van der Waals surface area contributed by atoms with Gasteiger partial charge in [0.1, 0.15) is 6.54 Å². The molecule has 0 spiro atoms. The Balaban J connectivity index is 3.17. The molecule has 4 nitrogen and oxygen atoms in total. The van der Waals surface area contributed by atoms with E-state index in [-0.39, 0.29) is 18.0 Å². The minimum absolute atomic E-state index is 0.103. The van der Waals surface area contributed by atoms with E-state index in [1.807, 2.05) is 0 Å². The number of rotatable bonds is 4. The standard InChI is InChI=1S/C13H15F3N2O2S/c1-2-18(10-13(14,15)16)21(19,20)12-7-3-5-11(9-12)6-4-8-17/h3,5,7,9H,2,8,10,17H2,1H3. The lowest BCUT2D eigenvalue weighted by Gasteiger charge is -2.21. The average Bonchev–Trinajstić information content (AvgIpc) is 2.41. The molecule has 0 fully saturated rings. The average molecular weight is 320 g/mol. The Hall–Kier alpha value is -1.56. The van der Waals surface area contributed by atoms with E-state index in [1.54, 1.807) is 6.07 Å². The molecule has 21 heavy (non-hydrogen) atoms. The molecule has 0 saturated carbocycles. The number of hydrogen-bond acceptors (Lipinski definition) is 3. The first-order valence-electron chi connectivity index (χ1n) is 6.06. The van der Waals surface area contributed by atoms with Crippen molar-refractivity contribution in [3.05, 3.63) is 29.8 Å². The van der Waals surface area contributed by atoms with Gasteiger partial charge in [0, 0.05) is 12.1 Å². The molecule has 0 unspecified atom stereocenters. The van der Waals surface area contributed by atoms with Crippen molar-refractivity contribution in [3.8, 4) is 11.8 Å². The van der Waals surface area contributed by atoms with Crippen molar-refractivity contribution >= 4 is 10.0 Å². The molecule has 0 saturated heterocycles. The van der Waals surface area contributed by atoms with Gasteiger partial charge in [0.2, 0.25) is 10.0 Å². The summed E-state index contributed by atoms with van der Waals surface area (Å²) in [6.45, 7) is -0.349. The quantitative estimate of drug-likeness (QED) is 0.857. The highest BCUT2D eigenvalue weighted by Crippen LogP contribution is 2.22. The fourth-order valence-electron chi connectivity index (χ4n) is 1.60. The Bertz CT molecular complexity index is 645. The third-order valence-electron chi connectivity index (χ3n) is 2.51. The maximum atomic E-state index is 12.4. The summed E-state index contributed by atoms with van der Waals surface area (Å²) in [7, 11) is -4.22. The largest absolute Gasteiger partial charge is 0.402 e. The molecule has 116 valence electrons. The topological polar surface area (TPSA) is 63.4 Å². The number of nitrogens with two attached hydrogens (primary N) is 1. The smallest absolute Gasteiger partial charge is 0.320 e. The van der Waals surface area contributed by atoms with Crippen LogP contribution >= 0.6 is 0 Å². The molecule has 0 aromatic heterocycles. The molecular formula is C13H15F3N2O2S. The molecule has 1 aromatic rings. The molecule has 0 amide bonds. The van der Waals surface area contributed by atoms with Gasteiger partial charge in [-0.1, -0.05) is 24.8 Å². The molecule has 0 radical (unpaired) electrons. The van der Waals surface area contributed by atoms with E-state index in [1.165, 1.54) is 25.1 Å². The zero-order chi connectivity index (χ0) is 16.1. The molecule has 0 heterocycles. The highest BCUT2D eigenvalue weighted by atomic mass is 32.2. The van der Waals surface area contributed by atoms with E-state index < -0.39 is 22.7 Å². The molecule has 1 rings (SSSR count). The highest BCUT2D eigenvalue weighted by Gasteiger charge is 2.36. The predicted octanol–water partition coefficient (Wildman–Crippen LogP) is 1.57. The van der Waals surface area contributed by atoms with Crippen LogP contribution in [0.15, 0.2) is 29.2 Å². The zero-order valence-electron chi connectivity index (χ0n) is 11.3. The molecular weight excluding hydrogens is 305 g/mol. The van der Waals surface area contributed by atoms with E-state index >= 15 is 0 Å². The summed E-state index contributed by atoms with van der Waals surface area (Å²) in [6.07, 6.45) is -4.60. The fraction of sp³-hybridized carbons (Fsp3) is 0.385. The van der Waals surface area contributed by atoms with Crippen molar-refractivity contribution in [2.75, 3.05) is 19.6 Å². The van der Waals surface area contributed by atoms with E-state index in [9.17, 15) is 21.6 Å². The van der Waals surface area contributed by atoms with Crippen LogP contribution < -0.4 is 5.73 Å². The number of halogens is 3. The lowest BCUT2D eigenvalue weighted by atomic mass is 10.2. The van der Waals surface area contributed by atoms with Gasteiger partial charge in [-0.15, -0.1) is 0 Å². The SMILES string of the molecule is CCN(CC(F)(F)F)S(=O)(=O)c1cccc(C#CCN)c1. The fourth-order valence-corrected chi connectivity index (χ4v) is 3.08. The lowest BCUT2D eigenvalue weighted by Crippen LogP contribution is -2.38. The van der Waals surface area contributed by atoms with E-state index in [0.717, 1.165) is 0 Å². The Morgan fingerprint density at radius 1 is 1.33 bits per heavy atom. The van der Waals surface area contributed by atoms with Crippen LogP contribution in [0.2, 0.25) is 0 Å². The van der Waals surface area contributed by atoms with Crippen LogP contribution in [0.3, 0.4) is 0 Å². The summed E-state index contributed by atoms with van der Waals surface area (Å²) in [6, 6.07) is 5.45. The van der Waals surface area contributed by atoms with Crippen molar-refractivity contribution in [1.29, 1.82) is 0 Å². The van der Waals surface area contributed by atoms with Crippen molar-refractivity contribution in [2.24, 2.45) is 5.73 Å². The Labute approximate surface area is 121 Å². The van der Waals surface area contributed by atoms with Crippen molar-refractivity contribution in [3.63, 3.8) is 0 Å². The minimum atomic E-state index is -4.60. The van der Waals surface area contributed by atoms with Crippen molar-refractivity contribution < 1.29 is 21.6 Å². The second-order valence-electron chi connectivity index (χ2n) is 4.08. The molecule has 0 atom stereocenters. The van der Waals surface area contributed by atoms with Crippen LogP contribution in [0.4, 0.5) is 13.2 Å². The van der Waals surface area contributed by atoms with E-state index in [2.05, 4.69) is 11.8 Å². The zero-order valence-corrected chi connectivity index (χ0v) is 12.1. The first-order valence-corrected chi connectivity index (χ1v) is 7.50. The van der Waals surface area contributed by atoms with Gasteiger partial charge in [-0.05, 0) is 18.2 Å². The van der Waals surface area contributed by atoms with Crippen LogP contribution in [0.1, 0.15) is 12.5 Å². The summed E-state index contributed by atoms with van der Waals surface area (Å²) < 4.78 is 62.1. The number of nitrogens with zero attached hydrogens (tertiary/aromatic N) is 1. The number of hydrogen-bond donors (Lipinski definition) is 1. The number of alkyl halides is 3. The molecule has 0 aliphatic rings. The van der Waals surface area contributed by atoms with Crippen LogP contribution in [-0.2, 0) is 10.0 Å². The molecule has 2 N–H and O–H groups in total. The normalized spacial score (nSPS) is 12.1. The third-order valence-corrected chi connectivity index (χ3v) is 4.43. The van der Waals surface area contributed by atoms with Crippen molar-refractivity contribution in [2.45, 2.75) is 18.0 Å². The first-order chi connectivity index (χ1) is 9.70. The molecule has 0 aliphatic heterocycles. The van der Waals surface area contributed by atoms with Crippen LogP contribution in [0.25, 0.3) is 0 Å². The van der Waals surface area contributed by atoms with Crippen molar-refractivity contribution in [1.82, 2.24) is 4.31 Å². The minimum Gasteiger partial charge on any atom is -0.320 e. The Morgan fingerprint density at radius 3 is 2.52 bits per heavy atom. The molecule has 1 aromatic carbocycles. The van der Waals surface area contributed by atoms with E-state index in [0.29, 0.717) is 9.87 Å². The summed E-state index contributed by atoms with van der Waals surface area (Å²) in [5.41, 5.74) is 5.59. The lowest BCUT2D eigenvalue weighted by molar-refractivity contribution is -0.135. The first kappa shape index (κ1) is 17.5. The summed E-state index contributed by atoms with van der Waals surface area (Å²) in [5, 5.41) is 0. The second kappa shape index (κ2) is 6.93. The molecule has 0 aliphatic carbocycles. The molecule has 8 heteroatoms. The third kappa shape index (κ3) is 5.04. The van der Waals surface area contributed by atoms with Gasteiger partial charge >= 0.3 is 6.18 Å². The Kier molecular flexibility index (Phi) is 5.78. The predicted molar refractivity (Wildman–Crippen MR) is 72.9 cm³/mol. The molecule has 0 bridgehead atoms. The van der Waals surface area contributed by atoms with Gasteiger partial charge in [-0.25, -0.2) is 8.42 Å². The maximum absolute atomic E-state index is 12.4. The monoisotopic (exact) mass is 320 g/mol. The van der Waals surface area contributed by atoms with E-state index in [4.69, 9.17) is 5.73 Å².